The van der Waals surface area contributed by atoms with E-state index >= 15 is 0 Å². The minimum absolute atomic E-state index is 0.199. The molecule has 0 radical (unpaired) electrons. The van der Waals surface area contributed by atoms with Crippen molar-refractivity contribution in [3.05, 3.63) is 28.5 Å². The van der Waals surface area contributed by atoms with Gasteiger partial charge in [0.05, 0.1) is 6.07 Å². The van der Waals surface area contributed by atoms with Crippen molar-refractivity contribution in [2.75, 3.05) is 0 Å². The first-order chi connectivity index (χ1) is 9.65. The van der Waals surface area contributed by atoms with Gasteiger partial charge in [-0.25, -0.2) is 4.98 Å². The Morgan fingerprint density at radius 2 is 1.95 bits per heavy atom. The van der Waals surface area contributed by atoms with Gasteiger partial charge in [-0.2, -0.15) is 5.26 Å². The summed E-state index contributed by atoms with van der Waals surface area (Å²) in [5.41, 5.74) is -0.184. The molecule has 0 unspecified atom stereocenters. The highest BCUT2D eigenvalue weighted by Gasteiger charge is 2.32. The van der Waals surface area contributed by atoms with E-state index < -0.39 is 5.54 Å². The van der Waals surface area contributed by atoms with Crippen LogP contribution in [0.15, 0.2) is 22.9 Å². The Balaban J connectivity index is 2.12. The van der Waals surface area contributed by atoms with Crippen LogP contribution in [0.2, 0.25) is 0 Å². The van der Waals surface area contributed by atoms with Crippen LogP contribution in [0.5, 0.6) is 0 Å². The molecule has 0 aromatic carbocycles. The van der Waals surface area contributed by atoms with Crippen molar-refractivity contribution >= 4 is 21.8 Å². The molecule has 1 aromatic rings. The average molecular weight is 336 g/mol. The van der Waals surface area contributed by atoms with Crippen LogP contribution in [0, 0.1) is 11.3 Å². The molecule has 1 N–H and O–H groups in total. The SMILES string of the molecule is N#CC1(NC(=O)c2ccnc(Br)c2)CCCCCCC1. The maximum atomic E-state index is 12.3. The average Bonchev–Trinajstić information content (AvgIpc) is 2.42. The van der Waals surface area contributed by atoms with E-state index in [1.165, 1.54) is 6.42 Å². The van der Waals surface area contributed by atoms with Gasteiger partial charge in [0.15, 0.2) is 0 Å². The van der Waals surface area contributed by atoms with Crippen molar-refractivity contribution in [2.24, 2.45) is 0 Å². The van der Waals surface area contributed by atoms with E-state index in [0.29, 0.717) is 10.2 Å². The summed E-state index contributed by atoms with van der Waals surface area (Å²) in [5.74, 6) is -0.199. The molecule has 1 amide bonds. The van der Waals surface area contributed by atoms with Gasteiger partial charge in [-0.05, 0) is 40.9 Å². The molecule has 1 fully saturated rings. The van der Waals surface area contributed by atoms with Crippen LogP contribution in [-0.2, 0) is 0 Å². The maximum absolute atomic E-state index is 12.3. The number of carbonyl (C=O) groups is 1. The quantitative estimate of drug-likeness (QED) is 0.840. The fourth-order valence-corrected chi connectivity index (χ4v) is 2.97. The molecule has 0 aliphatic heterocycles. The van der Waals surface area contributed by atoms with Crippen molar-refractivity contribution in [1.82, 2.24) is 10.3 Å². The first kappa shape index (κ1) is 15.0. The molecule has 1 aliphatic carbocycles. The number of carbonyl (C=O) groups excluding carboxylic acids is 1. The van der Waals surface area contributed by atoms with Gasteiger partial charge in [-0.15, -0.1) is 0 Å². The van der Waals surface area contributed by atoms with Crippen molar-refractivity contribution in [3.8, 4) is 6.07 Å². The first-order valence-corrected chi connectivity index (χ1v) is 7.80. The van der Waals surface area contributed by atoms with Crippen LogP contribution < -0.4 is 5.32 Å². The molecule has 0 bridgehead atoms. The predicted octanol–water partition coefficient (Wildman–Crippen LogP) is 3.58. The minimum Gasteiger partial charge on any atom is -0.334 e. The smallest absolute Gasteiger partial charge is 0.252 e. The normalized spacial score (nSPS) is 18.4. The largest absolute Gasteiger partial charge is 0.334 e. The van der Waals surface area contributed by atoms with E-state index in [2.05, 4.69) is 32.3 Å². The summed E-state index contributed by atoms with van der Waals surface area (Å²) >= 11 is 3.25. The van der Waals surface area contributed by atoms with Crippen LogP contribution in [0.25, 0.3) is 0 Å². The highest BCUT2D eigenvalue weighted by atomic mass is 79.9. The van der Waals surface area contributed by atoms with Crippen molar-refractivity contribution in [2.45, 2.75) is 50.5 Å². The second kappa shape index (κ2) is 6.85. The number of halogens is 1. The molecule has 0 saturated heterocycles. The van der Waals surface area contributed by atoms with Crippen molar-refractivity contribution in [1.29, 1.82) is 5.26 Å². The Morgan fingerprint density at radius 3 is 2.55 bits per heavy atom. The van der Waals surface area contributed by atoms with Gasteiger partial charge in [0.2, 0.25) is 0 Å². The molecule has 4 nitrogen and oxygen atoms in total. The Bertz CT molecular complexity index is 516. The zero-order valence-corrected chi connectivity index (χ0v) is 12.9. The van der Waals surface area contributed by atoms with Gasteiger partial charge in [-0.3, -0.25) is 4.79 Å². The van der Waals surface area contributed by atoms with Crippen LogP contribution in [0.1, 0.15) is 55.3 Å². The van der Waals surface area contributed by atoms with E-state index in [-0.39, 0.29) is 5.91 Å². The van der Waals surface area contributed by atoms with E-state index in [9.17, 15) is 10.1 Å². The van der Waals surface area contributed by atoms with Crippen molar-refractivity contribution in [3.63, 3.8) is 0 Å². The Morgan fingerprint density at radius 1 is 1.30 bits per heavy atom. The highest BCUT2D eigenvalue weighted by molar-refractivity contribution is 9.10. The third kappa shape index (κ3) is 3.80. The van der Waals surface area contributed by atoms with Crippen LogP contribution in [-0.4, -0.2) is 16.4 Å². The molecule has 0 spiro atoms. The molecule has 2 rings (SSSR count). The van der Waals surface area contributed by atoms with Gasteiger partial charge in [0.1, 0.15) is 10.1 Å². The second-order valence-electron chi connectivity index (χ2n) is 5.28. The van der Waals surface area contributed by atoms with E-state index in [0.717, 1.165) is 38.5 Å². The van der Waals surface area contributed by atoms with E-state index in [4.69, 9.17) is 0 Å². The van der Waals surface area contributed by atoms with Crippen LogP contribution in [0.3, 0.4) is 0 Å². The minimum atomic E-state index is -0.715. The Hall–Kier alpha value is -1.41. The molecular weight excluding hydrogens is 318 g/mol. The topological polar surface area (TPSA) is 65.8 Å². The number of rotatable bonds is 2. The molecule has 1 aromatic heterocycles. The fraction of sp³-hybridized carbons (Fsp3) is 0.533. The lowest BCUT2D eigenvalue weighted by molar-refractivity contribution is 0.0907. The number of amides is 1. The third-order valence-electron chi connectivity index (χ3n) is 3.76. The zero-order valence-electron chi connectivity index (χ0n) is 11.4. The summed E-state index contributed by atoms with van der Waals surface area (Å²) in [4.78, 5) is 16.3. The molecule has 5 heteroatoms. The summed E-state index contributed by atoms with van der Waals surface area (Å²) < 4.78 is 0.619. The fourth-order valence-electron chi connectivity index (χ4n) is 2.61. The molecule has 106 valence electrons. The standard InChI is InChI=1S/C15H18BrN3O/c16-13-10-12(6-9-18-13)14(20)19-15(11-17)7-4-2-1-3-5-8-15/h6,9-10H,1-5,7-8H2,(H,19,20). The highest BCUT2D eigenvalue weighted by Crippen LogP contribution is 2.26. The zero-order chi connectivity index (χ0) is 14.4. The van der Waals surface area contributed by atoms with Crippen molar-refractivity contribution < 1.29 is 4.79 Å². The number of aromatic nitrogens is 1. The predicted molar refractivity (Wildman–Crippen MR) is 80.1 cm³/mol. The monoisotopic (exact) mass is 335 g/mol. The summed E-state index contributed by atoms with van der Waals surface area (Å²) in [6, 6.07) is 5.67. The van der Waals surface area contributed by atoms with Crippen LogP contribution >= 0.6 is 15.9 Å². The molecule has 1 saturated carbocycles. The van der Waals surface area contributed by atoms with Gasteiger partial charge >= 0.3 is 0 Å². The third-order valence-corrected chi connectivity index (χ3v) is 4.20. The summed E-state index contributed by atoms with van der Waals surface area (Å²) in [6.07, 6.45) is 8.55. The molecule has 1 aliphatic rings. The Labute approximate surface area is 127 Å². The number of nitriles is 1. The second-order valence-corrected chi connectivity index (χ2v) is 6.10. The summed E-state index contributed by atoms with van der Waals surface area (Å²) in [6.45, 7) is 0. The number of hydrogen-bond acceptors (Lipinski definition) is 3. The number of pyridine rings is 1. The molecular formula is C15H18BrN3O. The first-order valence-electron chi connectivity index (χ1n) is 7.00. The van der Waals surface area contributed by atoms with Crippen LogP contribution in [0.4, 0.5) is 0 Å². The number of hydrogen-bond donors (Lipinski definition) is 1. The van der Waals surface area contributed by atoms with Gasteiger partial charge in [0.25, 0.3) is 5.91 Å². The van der Waals surface area contributed by atoms with Gasteiger partial charge in [0, 0.05) is 11.8 Å². The summed E-state index contributed by atoms with van der Waals surface area (Å²) in [5, 5.41) is 12.5. The van der Waals surface area contributed by atoms with E-state index in [1.807, 2.05) is 0 Å². The Kier molecular flexibility index (Phi) is 5.13. The number of nitrogens with zero attached hydrogens (tertiary/aromatic N) is 2. The van der Waals surface area contributed by atoms with Gasteiger partial charge < -0.3 is 5.32 Å². The molecule has 1 heterocycles. The number of nitrogens with one attached hydrogen (secondary N) is 1. The van der Waals surface area contributed by atoms with E-state index in [1.54, 1.807) is 18.3 Å². The molecule has 20 heavy (non-hydrogen) atoms. The molecule has 0 atom stereocenters. The maximum Gasteiger partial charge on any atom is 0.252 e. The lowest BCUT2D eigenvalue weighted by Crippen LogP contribution is -2.47. The lowest BCUT2D eigenvalue weighted by Gasteiger charge is -2.29. The van der Waals surface area contributed by atoms with Gasteiger partial charge in [-0.1, -0.05) is 32.1 Å². The summed E-state index contributed by atoms with van der Waals surface area (Å²) in [7, 11) is 0. The lowest BCUT2D eigenvalue weighted by atomic mass is 9.85.